The van der Waals surface area contributed by atoms with Crippen molar-refractivity contribution in [3.63, 3.8) is 0 Å². The summed E-state index contributed by atoms with van der Waals surface area (Å²) in [5.41, 5.74) is 1.57. The van der Waals surface area contributed by atoms with Gasteiger partial charge in [0.1, 0.15) is 0 Å². The lowest BCUT2D eigenvalue weighted by atomic mass is 10.1. The van der Waals surface area contributed by atoms with Crippen LogP contribution in [0.25, 0.3) is 5.69 Å². The van der Waals surface area contributed by atoms with Gasteiger partial charge in [0.05, 0.1) is 11.4 Å². The average Bonchev–Trinajstić information content (AvgIpc) is 3.11. The van der Waals surface area contributed by atoms with Gasteiger partial charge >= 0.3 is 6.03 Å². The molecule has 0 bridgehead atoms. The Balaban J connectivity index is 1.78. The van der Waals surface area contributed by atoms with Crippen LogP contribution in [0.3, 0.4) is 0 Å². The summed E-state index contributed by atoms with van der Waals surface area (Å²) in [6, 6.07) is 9.40. The fourth-order valence-electron chi connectivity index (χ4n) is 2.76. The van der Waals surface area contributed by atoms with Crippen LogP contribution in [-0.4, -0.2) is 41.8 Å². The molecule has 1 fully saturated rings. The van der Waals surface area contributed by atoms with E-state index in [2.05, 4.69) is 5.32 Å². The Morgan fingerprint density at radius 3 is 2.70 bits per heavy atom. The van der Waals surface area contributed by atoms with Gasteiger partial charge in [-0.3, -0.25) is 0 Å². The molecule has 1 aliphatic heterocycles. The fraction of sp³-hybridized carbons (Fsp3) is 0.353. The molecule has 5 nitrogen and oxygen atoms in total. The number of amides is 2. The van der Waals surface area contributed by atoms with Crippen LogP contribution in [0.15, 0.2) is 42.7 Å². The van der Waals surface area contributed by atoms with Gasteiger partial charge in [-0.25, -0.2) is 4.79 Å². The fourth-order valence-corrected chi connectivity index (χ4v) is 2.93. The van der Waals surface area contributed by atoms with Crippen molar-refractivity contribution in [3.8, 4) is 5.69 Å². The lowest BCUT2D eigenvalue weighted by molar-refractivity contribution is 0.0544. The summed E-state index contributed by atoms with van der Waals surface area (Å²) in [6.07, 6.45) is 5.58. The number of carbonyl (C=O) groups is 1. The van der Waals surface area contributed by atoms with Crippen LogP contribution in [0.4, 0.5) is 10.5 Å². The summed E-state index contributed by atoms with van der Waals surface area (Å²) in [5.74, 6) is 0. The number of hydrogen-bond acceptors (Lipinski definition) is 2. The molecule has 2 aromatic rings. The highest BCUT2D eigenvalue weighted by atomic mass is 35.5. The second-order valence-corrected chi connectivity index (χ2v) is 6.07. The van der Waals surface area contributed by atoms with Gasteiger partial charge in [0.15, 0.2) is 0 Å². The number of nitrogens with one attached hydrogen (secondary N) is 1. The van der Waals surface area contributed by atoms with Crippen molar-refractivity contribution in [3.05, 3.63) is 47.7 Å². The maximum absolute atomic E-state index is 12.6. The van der Waals surface area contributed by atoms with E-state index in [9.17, 15) is 4.79 Å². The number of nitrogens with zero attached hydrogens (tertiary/aromatic N) is 2. The molecule has 1 aromatic carbocycles. The Bertz CT molecular complexity index is 666. The number of anilines is 1. The first kappa shape index (κ1) is 15.9. The zero-order chi connectivity index (χ0) is 16.2. The largest absolute Gasteiger partial charge is 0.381 e. The monoisotopic (exact) mass is 333 g/mol. The molecule has 2 amide bonds. The standard InChI is InChI=1S/C17H20ClN3O2/c1-20(14-6-10-23-11-7-14)17(22)19-15-5-4-13(18)12-16(15)21-8-2-3-9-21/h2-5,8-9,12,14H,6-7,10-11H2,1H3,(H,19,22). The van der Waals surface area contributed by atoms with Crippen LogP contribution >= 0.6 is 11.6 Å². The predicted octanol–water partition coefficient (Wildman–Crippen LogP) is 3.77. The lowest BCUT2D eigenvalue weighted by Crippen LogP contribution is -2.42. The van der Waals surface area contributed by atoms with Crippen molar-refractivity contribution < 1.29 is 9.53 Å². The molecule has 122 valence electrons. The average molecular weight is 334 g/mol. The summed E-state index contributed by atoms with van der Waals surface area (Å²) in [5, 5.41) is 3.62. The topological polar surface area (TPSA) is 46.5 Å². The maximum atomic E-state index is 12.6. The third-order valence-corrected chi connectivity index (χ3v) is 4.38. The first-order chi connectivity index (χ1) is 11.1. The molecule has 1 saturated heterocycles. The van der Waals surface area contributed by atoms with Crippen LogP contribution in [-0.2, 0) is 4.74 Å². The number of urea groups is 1. The van der Waals surface area contributed by atoms with Crippen LogP contribution in [0.1, 0.15) is 12.8 Å². The number of benzene rings is 1. The van der Waals surface area contributed by atoms with Gasteiger partial charge < -0.3 is 19.5 Å². The first-order valence-corrected chi connectivity index (χ1v) is 8.07. The zero-order valence-electron chi connectivity index (χ0n) is 13.0. The van der Waals surface area contributed by atoms with Gasteiger partial charge in [0.2, 0.25) is 0 Å². The van der Waals surface area contributed by atoms with E-state index in [1.807, 2.05) is 48.3 Å². The number of rotatable bonds is 3. The minimum atomic E-state index is -0.118. The van der Waals surface area contributed by atoms with E-state index >= 15 is 0 Å². The van der Waals surface area contributed by atoms with Gasteiger partial charge in [-0.2, -0.15) is 0 Å². The lowest BCUT2D eigenvalue weighted by Gasteiger charge is -2.31. The third-order valence-electron chi connectivity index (χ3n) is 4.14. The molecule has 0 saturated carbocycles. The van der Waals surface area contributed by atoms with Crippen LogP contribution in [0.5, 0.6) is 0 Å². The second kappa shape index (κ2) is 7.06. The number of carbonyl (C=O) groups excluding carboxylic acids is 1. The van der Waals surface area contributed by atoms with E-state index < -0.39 is 0 Å². The van der Waals surface area contributed by atoms with Crippen molar-refractivity contribution in [2.75, 3.05) is 25.6 Å². The molecule has 1 aromatic heterocycles. The molecule has 0 radical (unpaired) electrons. The van der Waals surface area contributed by atoms with E-state index in [4.69, 9.17) is 16.3 Å². The number of halogens is 1. The molecule has 23 heavy (non-hydrogen) atoms. The molecule has 0 spiro atoms. The Morgan fingerprint density at radius 2 is 2.00 bits per heavy atom. The number of aromatic nitrogens is 1. The van der Waals surface area contributed by atoms with Gasteiger partial charge in [-0.1, -0.05) is 11.6 Å². The molecule has 3 rings (SSSR count). The SMILES string of the molecule is CN(C(=O)Nc1ccc(Cl)cc1-n1cccc1)C1CCOCC1. The first-order valence-electron chi connectivity index (χ1n) is 7.69. The van der Waals surface area contributed by atoms with Gasteiger partial charge in [-0.05, 0) is 43.2 Å². The number of hydrogen-bond donors (Lipinski definition) is 1. The van der Waals surface area contributed by atoms with Crippen LogP contribution in [0, 0.1) is 0 Å². The Morgan fingerprint density at radius 1 is 1.30 bits per heavy atom. The Labute approximate surface area is 140 Å². The van der Waals surface area contributed by atoms with Gasteiger partial charge in [-0.15, -0.1) is 0 Å². The van der Waals surface area contributed by atoms with Crippen molar-refractivity contribution >= 4 is 23.3 Å². The maximum Gasteiger partial charge on any atom is 0.321 e. The van der Waals surface area contributed by atoms with Crippen LogP contribution < -0.4 is 5.32 Å². The summed E-state index contributed by atoms with van der Waals surface area (Å²) in [4.78, 5) is 14.3. The van der Waals surface area contributed by atoms with Crippen molar-refractivity contribution in [1.82, 2.24) is 9.47 Å². The third kappa shape index (κ3) is 3.68. The van der Waals surface area contributed by atoms with E-state index in [0.717, 1.165) is 24.2 Å². The summed E-state index contributed by atoms with van der Waals surface area (Å²) in [7, 11) is 1.83. The molecule has 0 atom stereocenters. The van der Waals surface area contributed by atoms with E-state index in [1.54, 1.807) is 11.0 Å². The van der Waals surface area contributed by atoms with Crippen molar-refractivity contribution in [1.29, 1.82) is 0 Å². The zero-order valence-corrected chi connectivity index (χ0v) is 13.8. The van der Waals surface area contributed by atoms with Gasteiger partial charge in [0, 0.05) is 43.7 Å². The van der Waals surface area contributed by atoms with Crippen LogP contribution in [0.2, 0.25) is 5.02 Å². The molecule has 0 aliphatic carbocycles. The molecule has 2 heterocycles. The van der Waals surface area contributed by atoms with E-state index in [0.29, 0.717) is 18.2 Å². The highest BCUT2D eigenvalue weighted by Gasteiger charge is 2.23. The molecule has 1 aliphatic rings. The summed E-state index contributed by atoms with van der Waals surface area (Å²) >= 11 is 6.10. The van der Waals surface area contributed by atoms with Crippen molar-refractivity contribution in [2.45, 2.75) is 18.9 Å². The minimum absolute atomic E-state index is 0.118. The quantitative estimate of drug-likeness (QED) is 0.929. The summed E-state index contributed by atoms with van der Waals surface area (Å²) < 4.78 is 7.28. The second-order valence-electron chi connectivity index (χ2n) is 5.64. The molecule has 6 heteroatoms. The normalized spacial score (nSPS) is 15.4. The Kier molecular flexibility index (Phi) is 4.88. The molecule has 1 N–H and O–H groups in total. The Hall–Kier alpha value is -1.98. The van der Waals surface area contributed by atoms with Gasteiger partial charge in [0.25, 0.3) is 0 Å². The predicted molar refractivity (Wildman–Crippen MR) is 91.4 cm³/mol. The minimum Gasteiger partial charge on any atom is -0.381 e. The van der Waals surface area contributed by atoms with E-state index in [1.165, 1.54) is 0 Å². The molecular formula is C17H20ClN3O2. The highest BCUT2D eigenvalue weighted by Crippen LogP contribution is 2.25. The summed E-state index contributed by atoms with van der Waals surface area (Å²) in [6.45, 7) is 1.41. The van der Waals surface area contributed by atoms with Crippen molar-refractivity contribution in [2.24, 2.45) is 0 Å². The highest BCUT2D eigenvalue weighted by molar-refractivity contribution is 6.30. The number of ether oxygens (including phenoxy) is 1. The molecular weight excluding hydrogens is 314 g/mol. The molecule has 0 unspecified atom stereocenters. The smallest absolute Gasteiger partial charge is 0.321 e. The van der Waals surface area contributed by atoms with E-state index in [-0.39, 0.29) is 12.1 Å².